The summed E-state index contributed by atoms with van der Waals surface area (Å²) in [4.78, 5) is 2.52. The Morgan fingerprint density at radius 3 is 2.35 bits per heavy atom. The van der Waals surface area contributed by atoms with Crippen LogP contribution in [0.4, 0.5) is 5.69 Å². The molecule has 0 amide bonds. The van der Waals surface area contributed by atoms with Crippen LogP contribution in [-0.2, 0) is 6.42 Å². The fourth-order valence-electron chi connectivity index (χ4n) is 9.14. The Labute approximate surface area is 305 Å². The van der Waals surface area contributed by atoms with Crippen LogP contribution in [0.1, 0.15) is 67.0 Å². The van der Waals surface area contributed by atoms with Crippen molar-refractivity contribution in [1.82, 2.24) is 4.57 Å². The number of fused-ring (bicyclic) bond motifs is 5. The van der Waals surface area contributed by atoms with Crippen LogP contribution < -0.4 is 4.90 Å². The van der Waals surface area contributed by atoms with Crippen LogP contribution >= 0.6 is 0 Å². The van der Waals surface area contributed by atoms with Crippen LogP contribution in [0, 0.1) is 45.8 Å². The maximum atomic E-state index is 10.6. The fraction of sp³-hybridized carbons (Fsp3) is 0.213. The van der Waals surface area contributed by atoms with Gasteiger partial charge in [-0.3, -0.25) is 0 Å². The molecule has 4 aromatic carbocycles. The van der Waals surface area contributed by atoms with Gasteiger partial charge in [-0.2, -0.15) is 15.8 Å². The van der Waals surface area contributed by atoms with E-state index >= 15 is 0 Å². The molecule has 9 rings (SSSR count). The second-order valence-corrected chi connectivity index (χ2v) is 14.5. The molecule has 0 fully saturated rings. The smallest absolute Gasteiger partial charge is 0.101 e. The van der Waals surface area contributed by atoms with Gasteiger partial charge in [-0.25, -0.2) is 0 Å². The molecule has 3 unspecified atom stereocenters. The molecule has 5 heteroatoms. The van der Waals surface area contributed by atoms with Crippen molar-refractivity contribution < 1.29 is 0 Å². The van der Waals surface area contributed by atoms with Crippen molar-refractivity contribution in [2.24, 2.45) is 11.8 Å². The van der Waals surface area contributed by atoms with E-state index in [1.165, 1.54) is 16.8 Å². The molecule has 0 N–H and O–H groups in total. The molecular formula is C47H37N5. The maximum Gasteiger partial charge on any atom is 0.101 e. The third kappa shape index (κ3) is 5.03. The topological polar surface area (TPSA) is 79.5 Å². The van der Waals surface area contributed by atoms with Gasteiger partial charge in [0.2, 0.25) is 0 Å². The van der Waals surface area contributed by atoms with E-state index in [-0.39, 0.29) is 0 Å². The molecule has 0 bridgehead atoms. The van der Waals surface area contributed by atoms with E-state index < -0.39 is 0 Å². The van der Waals surface area contributed by atoms with E-state index in [9.17, 15) is 15.8 Å². The zero-order chi connectivity index (χ0) is 35.3. The van der Waals surface area contributed by atoms with Crippen LogP contribution in [0.15, 0.2) is 121 Å². The first-order valence-electron chi connectivity index (χ1n) is 18.4. The van der Waals surface area contributed by atoms with Crippen molar-refractivity contribution in [2.75, 3.05) is 4.90 Å². The standard InChI is InChI=1S/C47H37N5/c1-30-9-2-3-14-40-38-12-4-7-16-44(38)52(47(30)40)42-22-19-34(26-36(42)29-50)33-10-8-11-35(25-33)37-20-17-32(28-49)24-46(37)51-43-15-6-5-13-39(43)41-23-31(27-48)18-21-45(41)51/h3-4,6,8,10-12,14-15,17-26,30,40,47H,2,5,7,9,13,16H2,1H3. The molecule has 1 aliphatic heterocycles. The average molecular weight is 672 g/mol. The van der Waals surface area contributed by atoms with Gasteiger partial charge in [0.15, 0.2) is 0 Å². The number of rotatable bonds is 4. The van der Waals surface area contributed by atoms with Crippen LogP contribution in [0.5, 0.6) is 0 Å². The van der Waals surface area contributed by atoms with Crippen LogP contribution in [-0.4, -0.2) is 10.6 Å². The number of hydrogen-bond donors (Lipinski definition) is 0. The first-order chi connectivity index (χ1) is 25.6. The van der Waals surface area contributed by atoms with Crippen molar-refractivity contribution >= 4 is 22.7 Å². The van der Waals surface area contributed by atoms with Crippen molar-refractivity contribution in [3.63, 3.8) is 0 Å². The number of nitrogens with zero attached hydrogens (tertiary/aromatic N) is 5. The summed E-state index contributed by atoms with van der Waals surface area (Å²) in [7, 11) is 0. The van der Waals surface area contributed by atoms with Gasteiger partial charge in [0, 0.05) is 34.3 Å². The van der Waals surface area contributed by atoms with Gasteiger partial charge >= 0.3 is 0 Å². The van der Waals surface area contributed by atoms with Gasteiger partial charge in [-0.05, 0) is 127 Å². The van der Waals surface area contributed by atoms with Gasteiger partial charge in [-0.15, -0.1) is 0 Å². The van der Waals surface area contributed by atoms with Crippen LogP contribution in [0.25, 0.3) is 44.9 Å². The molecule has 5 aromatic rings. The quantitative estimate of drug-likeness (QED) is 0.178. The number of hydrogen-bond acceptors (Lipinski definition) is 4. The number of aryl methyl sites for hydroxylation is 1. The highest BCUT2D eigenvalue weighted by molar-refractivity contribution is 5.93. The lowest BCUT2D eigenvalue weighted by Gasteiger charge is -2.36. The molecule has 0 spiro atoms. The minimum atomic E-state index is 0.305. The highest BCUT2D eigenvalue weighted by atomic mass is 15.2. The minimum Gasteiger partial charge on any atom is -0.339 e. The molecule has 52 heavy (non-hydrogen) atoms. The summed E-state index contributed by atoms with van der Waals surface area (Å²) in [5, 5.41) is 31.4. The summed E-state index contributed by atoms with van der Waals surface area (Å²) in [5.74, 6) is 0.843. The van der Waals surface area contributed by atoms with E-state index in [4.69, 9.17) is 0 Å². The molecule has 3 atom stereocenters. The number of anilines is 1. The Hall–Kier alpha value is -6.35. The normalized spacial score (nSPS) is 20.1. The highest BCUT2D eigenvalue weighted by Crippen LogP contribution is 2.48. The summed E-state index contributed by atoms with van der Waals surface area (Å²) < 4.78 is 2.25. The molecule has 0 saturated carbocycles. The number of benzene rings is 4. The van der Waals surface area contributed by atoms with E-state index in [1.54, 1.807) is 0 Å². The van der Waals surface area contributed by atoms with Crippen LogP contribution in [0.2, 0.25) is 0 Å². The molecule has 1 aromatic heterocycles. The minimum absolute atomic E-state index is 0.305. The molecule has 250 valence electrons. The molecule has 2 heterocycles. The Morgan fingerprint density at radius 2 is 1.48 bits per heavy atom. The van der Waals surface area contributed by atoms with Gasteiger partial charge in [-0.1, -0.05) is 67.6 Å². The molecule has 3 aliphatic carbocycles. The number of aromatic nitrogens is 1. The summed E-state index contributed by atoms with van der Waals surface area (Å²) in [5.41, 5.74) is 14.0. The average Bonchev–Trinajstić information content (AvgIpc) is 3.63. The molecule has 4 aliphatic rings. The van der Waals surface area contributed by atoms with Crippen LogP contribution in [0.3, 0.4) is 0 Å². The van der Waals surface area contributed by atoms with Gasteiger partial charge in [0.25, 0.3) is 0 Å². The zero-order valence-corrected chi connectivity index (χ0v) is 29.2. The molecular weight excluding hydrogens is 635 g/mol. The SMILES string of the molecule is CC1CCC=CC2C3=C(CCC=C3)N(c3ccc(-c4cccc(-c5ccc(C#N)cc5-n5c6c(c7cc(C#N)ccc75)CCC=C6)c4)cc3C#N)C12. The number of allylic oxidation sites excluding steroid dienone is 5. The predicted octanol–water partition coefficient (Wildman–Crippen LogP) is 10.9. The second kappa shape index (κ2) is 12.8. The Morgan fingerprint density at radius 1 is 0.692 bits per heavy atom. The maximum absolute atomic E-state index is 10.6. The van der Waals surface area contributed by atoms with Gasteiger partial charge in [0.1, 0.15) is 6.07 Å². The third-order valence-electron chi connectivity index (χ3n) is 11.5. The Bertz CT molecular complexity index is 2550. The van der Waals surface area contributed by atoms with E-state index in [0.717, 1.165) is 88.8 Å². The van der Waals surface area contributed by atoms with Crippen molar-refractivity contribution in [3.05, 3.63) is 148 Å². The Kier molecular flexibility index (Phi) is 7.76. The molecule has 0 radical (unpaired) electrons. The lowest BCUT2D eigenvalue weighted by Crippen LogP contribution is -2.39. The van der Waals surface area contributed by atoms with Crippen molar-refractivity contribution in [3.8, 4) is 46.1 Å². The van der Waals surface area contributed by atoms with Crippen molar-refractivity contribution in [1.29, 1.82) is 15.8 Å². The fourth-order valence-corrected chi connectivity index (χ4v) is 9.14. The lowest BCUT2D eigenvalue weighted by molar-refractivity contribution is 0.401. The first kappa shape index (κ1) is 31.6. The van der Waals surface area contributed by atoms with Gasteiger partial charge < -0.3 is 9.47 Å². The third-order valence-corrected chi connectivity index (χ3v) is 11.5. The molecule has 5 nitrogen and oxygen atoms in total. The van der Waals surface area contributed by atoms with Crippen molar-refractivity contribution in [2.45, 2.75) is 51.5 Å². The van der Waals surface area contributed by atoms with Gasteiger partial charge in [0.05, 0.1) is 45.7 Å². The zero-order valence-electron chi connectivity index (χ0n) is 29.2. The second-order valence-electron chi connectivity index (χ2n) is 14.5. The lowest BCUT2D eigenvalue weighted by atomic mass is 9.85. The van der Waals surface area contributed by atoms with E-state index in [2.05, 4.69) is 114 Å². The summed E-state index contributed by atoms with van der Waals surface area (Å²) in [6.07, 6.45) is 19.9. The molecule has 0 saturated heterocycles. The highest BCUT2D eigenvalue weighted by Gasteiger charge is 2.43. The number of nitriles is 3. The first-order valence-corrected chi connectivity index (χ1v) is 18.4. The monoisotopic (exact) mass is 671 g/mol. The van der Waals surface area contributed by atoms with E-state index in [1.807, 2.05) is 36.4 Å². The predicted molar refractivity (Wildman–Crippen MR) is 208 cm³/mol. The summed E-state index contributed by atoms with van der Waals surface area (Å²) in [6, 6.07) is 34.2. The summed E-state index contributed by atoms with van der Waals surface area (Å²) >= 11 is 0. The largest absolute Gasteiger partial charge is 0.339 e. The summed E-state index contributed by atoms with van der Waals surface area (Å²) in [6.45, 7) is 2.37. The van der Waals surface area contributed by atoms with E-state index in [0.29, 0.717) is 34.6 Å². The Balaban J connectivity index is 1.15.